The van der Waals surface area contributed by atoms with Crippen molar-refractivity contribution in [1.29, 1.82) is 0 Å². The van der Waals surface area contributed by atoms with E-state index >= 15 is 0 Å². The Labute approximate surface area is 106 Å². The van der Waals surface area contributed by atoms with Gasteiger partial charge < -0.3 is 15.1 Å². The summed E-state index contributed by atoms with van der Waals surface area (Å²) in [6, 6.07) is 0. The average molecular weight is 263 g/mol. The molecule has 102 valence electrons. The quantitative estimate of drug-likeness (QED) is 0.680. The Bertz CT molecular complexity index is 254. The van der Waals surface area contributed by atoms with Crippen LogP contribution in [0.5, 0.6) is 0 Å². The first kappa shape index (κ1) is 16.8. The summed E-state index contributed by atoms with van der Waals surface area (Å²) in [4.78, 5) is 13.9. The van der Waals surface area contributed by atoms with Gasteiger partial charge in [0.05, 0.1) is 0 Å². The molecule has 4 nitrogen and oxygen atoms in total. The zero-order valence-corrected chi connectivity index (χ0v) is 12.6. The third-order valence-corrected chi connectivity index (χ3v) is 3.43. The van der Waals surface area contributed by atoms with E-state index in [9.17, 15) is 15.0 Å². The van der Waals surface area contributed by atoms with E-state index in [1.54, 1.807) is 4.90 Å². The van der Waals surface area contributed by atoms with Crippen LogP contribution in [0.4, 0.5) is 0 Å². The molecule has 0 bridgehead atoms. The molecule has 0 spiro atoms. The van der Waals surface area contributed by atoms with E-state index in [1.165, 1.54) is 6.92 Å². The van der Waals surface area contributed by atoms with Gasteiger partial charge in [-0.15, -0.1) is 8.58 Å². The van der Waals surface area contributed by atoms with Gasteiger partial charge in [0.15, 0.2) is 0 Å². The topological polar surface area (TPSA) is 60.8 Å². The molecule has 0 fully saturated rings. The molecule has 2 N–H and O–H groups in total. The molecule has 2 atom stereocenters. The highest BCUT2D eigenvalue weighted by Gasteiger charge is 2.38. The number of aliphatic hydroxyl groups is 2. The Morgan fingerprint density at radius 1 is 1.35 bits per heavy atom. The van der Waals surface area contributed by atoms with Crippen molar-refractivity contribution in [3.05, 3.63) is 0 Å². The SMILES string of the molecule is CCN(CPC)C(=O)C(C)(O)CC(C)(C)CO. The number of hydrogen-bond acceptors (Lipinski definition) is 3. The Morgan fingerprint density at radius 2 is 1.88 bits per heavy atom. The van der Waals surface area contributed by atoms with Crippen LogP contribution in [0.2, 0.25) is 0 Å². The second kappa shape index (κ2) is 6.67. The Morgan fingerprint density at radius 3 is 2.24 bits per heavy atom. The third kappa shape index (κ3) is 5.33. The summed E-state index contributed by atoms with van der Waals surface area (Å²) in [5, 5.41) is 19.5. The van der Waals surface area contributed by atoms with Gasteiger partial charge in [0.25, 0.3) is 5.91 Å². The summed E-state index contributed by atoms with van der Waals surface area (Å²) in [5.41, 5.74) is -1.85. The molecule has 5 heteroatoms. The number of hydrogen-bond donors (Lipinski definition) is 2. The van der Waals surface area contributed by atoms with Crippen molar-refractivity contribution in [2.45, 2.75) is 39.7 Å². The molecule has 0 aliphatic rings. The van der Waals surface area contributed by atoms with Crippen LogP contribution in [0.3, 0.4) is 0 Å². The van der Waals surface area contributed by atoms with E-state index in [1.807, 2.05) is 27.4 Å². The van der Waals surface area contributed by atoms with E-state index in [-0.39, 0.29) is 18.9 Å². The molecule has 0 rings (SSSR count). The van der Waals surface area contributed by atoms with E-state index in [0.29, 0.717) is 21.4 Å². The molecular formula is C12H26NO3P. The summed E-state index contributed by atoms with van der Waals surface area (Å²) in [5.74, 6) is -0.240. The summed E-state index contributed by atoms with van der Waals surface area (Å²) in [6.45, 7) is 9.72. The van der Waals surface area contributed by atoms with Gasteiger partial charge in [0, 0.05) is 19.4 Å². The van der Waals surface area contributed by atoms with Crippen molar-refractivity contribution in [3.8, 4) is 0 Å². The van der Waals surface area contributed by atoms with Crippen LogP contribution in [-0.2, 0) is 4.79 Å². The van der Waals surface area contributed by atoms with Crippen molar-refractivity contribution in [1.82, 2.24) is 4.90 Å². The maximum atomic E-state index is 12.2. The van der Waals surface area contributed by atoms with Gasteiger partial charge in [0.2, 0.25) is 0 Å². The fourth-order valence-corrected chi connectivity index (χ4v) is 2.67. The third-order valence-electron chi connectivity index (χ3n) is 2.73. The molecule has 0 aliphatic heterocycles. The van der Waals surface area contributed by atoms with Gasteiger partial charge in [-0.25, -0.2) is 0 Å². The van der Waals surface area contributed by atoms with Gasteiger partial charge >= 0.3 is 0 Å². The van der Waals surface area contributed by atoms with E-state index in [4.69, 9.17) is 0 Å². The fourth-order valence-electron chi connectivity index (χ4n) is 1.92. The smallest absolute Gasteiger partial charge is 0.254 e. The maximum absolute atomic E-state index is 12.2. The molecule has 0 aliphatic carbocycles. The monoisotopic (exact) mass is 263 g/mol. The van der Waals surface area contributed by atoms with Crippen molar-refractivity contribution >= 4 is 14.5 Å². The predicted octanol–water partition coefficient (Wildman–Crippen LogP) is 1.26. The van der Waals surface area contributed by atoms with Crippen molar-refractivity contribution in [2.75, 3.05) is 26.1 Å². The van der Waals surface area contributed by atoms with Crippen LogP contribution in [0.15, 0.2) is 0 Å². The van der Waals surface area contributed by atoms with Gasteiger partial charge in [-0.05, 0) is 32.3 Å². The highest BCUT2D eigenvalue weighted by Crippen LogP contribution is 2.29. The fraction of sp³-hybridized carbons (Fsp3) is 0.917. The number of carbonyl (C=O) groups excluding carboxylic acids is 1. The molecule has 0 radical (unpaired) electrons. The number of amides is 1. The van der Waals surface area contributed by atoms with Crippen molar-refractivity contribution in [3.63, 3.8) is 0 Å². The standard InChI is InChI=1S/C12H26NO3P/c1-6-13(9-17-5)10(15)12(4,16)7-11(2,3)8-14/h14,16-17H,6-9H2,1-5H3. The number of nitrogens with zero attached hydrogens (tertiary/aromatic N) is 1. The molecule has 0 aromatic heterocycles. The Hall–Kier alpha value is -0.180. The van der Waals surface area contributed by atoms with Gasteiger partial charge in [-0.2, -0.15) is 0 Å². The average Bonchev–Trinajstić information content (AvgIpc) is 2.23. The maximum Gasteiger partial charge on any atom is 0.254 e. The molecule has 2 unspecified atom stereocenters. The first-order valence-corrected chi connectivity index (χ1v) is 7.68. The van der Waals surface area contributed by atoms with Crippen LogP contribution in [0.25, 0.3) is 0 Å². The number of aliphatic hydroxyl groups excluding tert-OH is 1. The minimum Gasteiger partial charge on any atom is -0.396 e. The molecule has 17 heavy (non-hydrogen) atoms. The summed E-state index contributed by atoms with van der Waals surface area (Å²) < 4.78 is 0. The zero-order chi connectivity index (χ0) is 13.7. The summed E-state index contributed by atoms with van der Waals surface area (Å²) >= 11 is 0. The lowest BCUT2D eigenvalue weighted by atomic mass is 9.81. The van der Waals surface area contributed by atoms with Crippen molar-refractivity contribution in [2.24, 2.45) is 5.41 Å². The second-order valence-corrected chi connectivity index (χ2v) is 6.47. The molecule has 0 saturated carbocycles. The van der Waals surface area contributed by atoms with E-state index in [0.717, 1.165) is 0 Å². The minimum absolute atomic E-state index is 0.0436. The second-order valence-electron chi connectivity index (χ2n) is 5.45. The van der Waals surface area contributed by atoms with Crippen molar-refractivity contribution < 1.29 is 15.0 Å². The minimum atomic E-state index is -1.40. The predicted molar refractivity (Wildman–Crippen MR) is 72.6 cm³/mol. The number of carbonyl (C=O) groups is 1. The summed E-state index contributed by atoms with van der Waals surface area (Å²) in [7, 11) is 0.650. The Kier molecular flexibility index (Phi) is 6.60. The largest absolute Gasteiger partial charge is 0.396 e. The molecule has 0 aromatic carbocycles. The first-order chi connectivity index (χ1) is 7.70. The van der Waals surface area contributed by atoms with Gasteiger partial charge in [-0.1, -0.05) is 13.8 Å². The zero-order valence-electron chi connectivity index (χ0n) is 11.6. The lowest BCUT2D eigenvalue weighted by molar-refractivity contribution is -0.152. The first-order valence-electron chi connectivity index (χ1n) is 5.97. The molecular weight excluding hydrogens is 237 g/mol. The highest BCUT2D eigenvalue weighted by atomic mass is 31.1. The number of rotatable bonds is 7. The number of likely N-dealkylation sites (N-methyl/N-ethyl adjacent to an activating group) is 1. The summed E-state index contributed by atoms with van der Waals surface area (Å²) in [6.07, 6.45) is 0.948. The van der Waals surface area contributed by atoms with Crippen LogP contribution in [0.1, 0.15) is 34.1 Å². The van der Waals surface area contributed by atoms with Gasteiger partial charge in [0.1, 0.15) is 5.60 Å². The molecule has 0 aromatic rings. The Balaban J connectivity index is 4.73. The lowest BCUT2D eigenvalue weighted by Gasteiger charge is -2.35. The van der Waals surface area contributed by atoms with Crippen LogP contribution >= 0.6 is 8.58 Å². The lowest BCUT2D eigenvalue weighted by Crippen LogP contribution is -2.49. The molecule has 1 amide bonds. The highest BCUT2D eigenvalue weighted by molar-refractivity contribution is 7.36. The molecule has 0 saturated heterocycles. The van der Waals surface area contributed by atoms with Crippen LogP contribution < -0.4 is 0 Å². The van der Waals surface area contributed by atoms with Crippen LogP contribution in [-0.4, -0.2) is 52.7 Å². The van der Waals surface area contributed by atoms with E-state index < -0.39 is 11.0 Å². The van der Waals surface area contributed by atoms with Gasteiger partial charge in [-0.3, -0.25) is 4.79 Å². The van der Waals surface area contributed by atoms with Crippen LogP contribution in [0, 0.1) is 5.41 Å². The van der Waals surface area contributed by atoms with E-state index in [2.05, 4.69) is 0 Å². The normalized spacial score (nSPS) is 16.2. The molecule has 0 heterocycles.